The fourth-order valence-corrected chi connectivity index (χ4v) is 4.54. The number of rotatable bonds is 3. The molecule has 130 valence electrons. The first-order valence-electron chi connectivity index (χ1n) is 7.18. The maximum Gasteiger partial charge on any atom is 0.243 e. The lowest BCUT2D eigenvalue weighted by molar-refractivity contribution is -0.121. The zero-order valence-electron chi connectivity index (χ0n) is 12.6. The highest BCUT2D eigenvalue weighted by atomic mass is 35.5. The summed E-state index contributed by atoms with van der Waals surface area (Å²) in [5, 5.41) is 4.08. The largest absolute Gasteiger partial charge is 0.325 e. The second kappa shape index (κ2) is 6.67. The maximum absolute atomic E-state index is 12.6. The molecule has 3 rings (SSSR count). The maximum atomic E-state index is 12.6. The highest BCUT2D eigenvalue weighted by Crippen LogP contribution is 2.32. The number of para-hydroxylation sites is 1. The van der Waals surface area contributed by atoms with Crippen LogP contribution >= 0.6 is 23.2 Å². The van der Waals surface area contributed by atoms with Crippen molar-refractivity contribution >= 4 is 56.2 Å². The molecule has 2 aromatic carbocycles. The summed E-state index contributed by atoms with van der Waals surface area (Å²) in [5.41, 5.74) is 0.454. The van der Waals surface area contributed by atoms with E-state index in [9.17, 15) is 18.0 Å². The van der Waals surface area contributed by atoms with Crippen LogP contribution in [0.1, 0.15) is 6.42 Å². The smallest absolute Gasteiger partial charge is 0.243 e. The van der Waals surface area contributed by atoms with Gasteiger partial charge in [-0.15, -0.1) is 0 Å². The van der Waals surface area contributed by atoms with Gasteiger partial charge in [-0.05, 0) is 30.3 Å². The van der Waals surface area contributed by atoms with Crippen molar-refractivity contribution in [2.75, 3.05) is 10.6 Å². The third-order valence-electron chi connectivity index (χ3n) is 3.69. The van der Waals surface area contributed by atoms with Gasteiger partial charge in [0.1, 0.15) is 0 Å². The van der Waals surface area contributed by atoms with Crippen LogP contribution in [0.15, 0.2) is 47.4 Å². The Morgan fingerprint density at radius 1 is 1.16 bits per heavy atom. The van der Waals surface area contributed by atoms with Crippen LogP contribution in [0.2, 0.25) is 10.0 Å². The molecule has 0 radical (unpaired) electrons. The van der Waals surface area contributed by atoms with E-state index >= 15 is 0 Å². The van der Waals surface area contributed by atoms with Crippen LogP contribution in [0.4, 0.5) is 11.4 Å². The number of amides is 2. The number of nitrogens with one attached hydrogen (secondary N) is 2. The minimum absolute atomic E-state index is 0.00631. The quantitative estimate of drug-likeness (QED) is 0.830. The van der Waals surface area contributed by atoms with Crippen molar-refractivity contribution in [1.29, 1.82) is 0 Å². The molecule has 6 nitrogen and oxygen atoms in total. The van der Waals surface area contributed by atoms with Crippen LogP contribution in [0.25, 0.3) is 0 Å². The number of benzene rings is 2. The van der Waals surface area contributed by atoms with Gasteiger partial charge in [0.15, 0.2) is 15.1 Å². The van der Waals surface area contributed by atoms with E-state index in [1.807, 2.05) is 0 Å². The fraction of sp³-hybridized carbons (Fsp3) is 0.125. The van der Waals surface area contributed by atoms with Crippen molar-refractivity contribution in [2.45, 2.75) is 16.6 Å². The van der Waals surface area contributed by atoms with Crippen molar-refractivity contribution in [2.24, 2.45) is 0 Å². The van der Waals surface area contributed by atoms with Crippen molar-refractivity contribution in [3.63, 3.8) is 0 Å². The number of anilines is 2. The third kappa shape index (κ3) is 3.49. The van der Waals surface area contributed by atoms with E-state index in [0.29, 0.717) is 5.02 Å². The lowest BCUT2D eigenvalue weighted by Gasteiger charge is -2.24. The summed E-state index contributed by atoms with van der Waals surface area (Å²) < 4.78 is 25.3. The summed E-state index contributed by atoms with van der Waals surface area (Å²) in [6, 6.07) is 10.5. The molecule has 1 heterocycles. The molecule has 1 atom stereocenters. The van der Waals surface area contributed by atoms with E-state index in [1.165, 1.54) is 24.3 Å². The number of hydrogen-bond acceptors (Lipinski definition) is 4. The van der Waals surface area contributed by atoms with Gasteiger partial charge in [-0.3, -0.25) is 9.59 Å². The van der Waals surface area contributed by atoms with Crippen molar-refractivity contribution in [1.82, 2.24) is 0 Å². The SMILES string of the molecule is O=C(CC1C(=O)Nc2ccccc2S1(=O)=O)Nc1cc(Cl)ccc1Cl. The lowest BCUT2D eigenvalue weighted by Crippen LogP contribution is -2.42. The molecule has 0 aromatic heterocycles. The fourth-order valence-electron chi connectivity index (χ4n) is 2.49. The van der Waals surface area contributed by atoms with Crippen molar-refractivity contribution in [3.8, 4) is 0 Å². The summed E-state index contributed by atoms with van der Waals surface area (Å²) in [5.74, 6) is -1.40. The number of hydrogen-bond donors (Lipinski definition) is 2. The van der Waals surface area contributed by atoms with E-state index in [4.69, 9.17) is 23.2 Å². The minimum Gasteiger partial charge on any atom is -0.325 e. The van der Waals surface area contributed by atoms with Gasteiger partial charge in [0.2, 0.25) is 11.8 Å². The Bertz CT molecular complexity index is 976. The normalized spacial score (nSPS) is 18.2. The van der Waals surface area contributed by atoms with E-state index in [0.717, 1.165) is 0 Å². The van der Waals surface area contributed by atoms with E-state index in [2.05, 4.69) is 10.6 Å². The molecule has 1 unspecified atom stereocenters. The van der Waals surface area contributed by atoms with Gasteiger partial charge >= 0.3 is 0 Å². The second-order valence-corrected chi connectivity index (χ2v) is 8.34. The molecule has 2 N–H and O–H groups in total. The van der Waals surface area contributed by atoms with Crippen LogP contribution in [0.3, 0.4) is 0 Å². The molecule has 0 aliphatic carbocycles. The van der Waals surface area contributed by atoms with Gasteiger partial charge in [0.25, 0.3) is 0 Å². The van der Waals surface area contributed by atoms with E-state index < -0.39 is 33.3 Å². The standard InChI is InChI=1S/C16H12Cl2N2O4S/c17-9-5-6-10(18)12(7-9)19-15(21)8-14-16(22)20-11-3-1-2-4-13(11)25(14,23)24/h1-7,14H,8H2,(H,19,21)(H,20,22). The summed E-state index contributed by atoms with van der Waals surface area (Å²) >= 11 is 11.8. The Labute approximate surface area is 154 Å². The highest BCUT2D eigenvalue weighted by Gasteiger charge is 2.41. The van der Waals surface area contributed by atoms with Crippen LogP contribution < -0.4 is 10.6 Å². The molecule has 25 heavy (non-hydrogen) atoms. The molecule has 2 amide bonds. The summed E-state index contributed by atoms with van der Waals surface area (Å²) in [6.45, 7) is 0. The molecular weight excluding hydrogens is 387 g/mol. The number of carbonyl (C=O) groups excluding carboxylic acids is 2. The number of carbonyl (C=O) groups is 2. The highest BCUT2D eigenvalue weighted by molar-refractivity contribution is 7.93. The molecule has 0 saturated carbocycles. The van der Waals surface area contributed by atoms with E-state index in [-0.39, 0.29) is 21.3 Å². The monoisotopic (exact) mass is 398 g/mol. The first-order chi connectivity index (χ1) is 11.8. The topological polar surface area (TPSA) is 92.3 Å². The Kier molecular flexibility index (Phi) is 4.73. The third-order valence-corrected chi connectivity index (χ3v) is 6.36. The zero-order chi connectivity index (χ0) is 18.2. The summed E-state index contributed by atoms with van der Waals surface area (Å²) in [7, 11) is -3.97. The summed E-state index contributed by atoms with van der Waals surface area (Å²) in [6.07, 6.45) is -0.536. The molecule has 2 aromatic rings. The first kappa shape index (κ1) is 17.7. The average molecular weight is 399 g/mol. The molecule has 9 heteroatoms. The van der Waals surface area contributed by atoms with Crippen LogP contribution in [0.5, 0.6) is 0 Å². The van der Waals surface area contributed by atoms with Gasteiger partial charge in [0.05, 0.1) is 27.7 Å². The Hall–Kier alpha value is -2.09. The van der Waals surface area contributed by atoms with Crippen LogP contribution in [-0.2, 0) is 19.4 Å². The van der Waals surface area contributed by atoms with E-state index in [1.54, 1.807) is 18.2 Å². The molecule has 1 aliphatic rings. The van der Waals surface area contributed by atoms with Crippen LogP contribution in [-0.4, -0.2) is 25.5 Å². The van der Waals surface area contributed by atoms with Gasteiger partial charge < -0.3 is 10.6 Å². The van der Waals surface area contributed by atoms with Gasteiger partial charge in [-0.2, -0.15) is 0 Å². The van der Waals surface area contributed by atoms with Gasteiger partial charge in [0, 0.05) is 5.02 Å². The Morgan fingerprint density at radius 2 is 1.88 bits per heavy atom. The molecule has 0 fully saturated rings. The predicted octanol–water partition coefficient (Wildman–Crippen LogP) is 3.12. The Balaban J connectivity index is 1.84. The second-order valence-electron chi connectivity index (χ2n) is 5.40. The van der Waals surface area contributed by atoms with Crippen LogP contribution in [0, 0.1) is 0 Å². The zero-order valence-corrected chi connectivity index (χ0v) is 15.0. The molecule has 0 saturated heterocycles. The van der Waals surface area contributed by atoms with Gasteiger partial charge in [-0.25, -0.2) is 8.42 Å². The average Bonchev–Trinajstić information content (AvgIpc) is 2.55. The van der Waals surface area contributed by atoms with Gasteiger partial charge in [-0.1, -0.05) is 35.3 Å². The predicted molar refractivity (Wildman–Crippen MR) is 95.8 cm³/mol. The Morgan fingerprint density at radius 3 is 2.64 bits per heavy atom. The lowest BCUT2D eigenvalue weighted by atomic mass is 10.2. The number of halogens is 2. The number of fused-ring (bicyclic) bond motifs is 1. The summed E-state index contributed by atoms with van der Waals surface area (Å²) in [4.78, 5) is 24.4. The van der Waals surface area contributed by atoms with Crippen molar-refractivity contribution in [3.05, 3.63) is 52.5 Å². The molecule has 0 bridgehead atoms. The minimum atomic E-state index is -3.97. The molecule has 1 aliphatic heterocycles. The van der Waals surface area contributed by atoms with Crippen molar-refractivity contribution < 1.29 is 18.0 Å². The first-order valence-corrected chi connectivity index (χ1v) is 9.48. The molecule has 0 spiro atoms. The number of sulfone groups is 1. The molecular formula is C16H12Cl2N2O4S.